The van der Waals surface area contributed by atoms with Gasteiger partial charge in [0.2, 0.25) is 0 Å². The summed E-state index contributed by atoms with van der Waals surface area (Å²) < 4.78 is 18.1. The van der Waals surface area contributed by atoms with Crippen molar-refractivity contribution in [2.75, 3.05) is 17.3 Å². The van der Waals surface area contributed by atoms with E-state index in [-0.39, 0.29) is 18.5 Å². The molecule has 1 aliphatic heterocycles. The lowest BCUT2D eigenvalue weighted by molar-refractivity contribution is -0.164. The first-order valence-corrected chi connectivity index (χ1v) is 14.3. The predicted octanol–water partition coefficient (Wildman–Crippen LogP) is 5.57. The van der Waals surface area contributed by atoms with Crippen LogP contribution in [0.15, 0.2) is 59.5 Å². The smallest absolute Gasteiger partial charge is 0.198 e. The minimum atomic E-state index is -1.73. The molecule has 0 spiro atoms. The summed E-state index contributed by atoms with van der Waals surface area (Å²) in [6, 6.07) is 10.5. The van der Waals surface area contributed by atoms with E-state index in [1.165, 1.54) is 4.90 Å². The van der Waals surface area contributed by atoms with Crippen LogP contribution in [0.1, 0.15) is 13.3 Å². The minimum absolute atomic E-state index is 0.0136. The molecule has 1 aromatic carbocycles. The van der Waals surface area contributed by atoms with Crippen molar-refractivity contribution in [3.63, 3.8) is 0 Å². The van der Waals surface area contributed by atoms with E-state index >= 15 is 0 Å². The fourth-order valence-corrected chi connectivity index (χ4v) is 4.74. The van der Waals surface area contributed by atoms with Gasteiger partial charge in [-0.25, -0.2) is 0 Å². The van der Waals surface area contributed by atoms with Crippen LogP contribution in [0, 0.1) is 0 Å². The summed E-state index contributed by atoms with van der Waals surface area (Å²) in [5.41, 5.74) is 0. The van der Waals surface area contributed by atoms with Gasteiger partial charge in [-0.15, -0.1) is 11.8 Å². The molecule has 0 saturated carbocycles. The van der Waals surface area contributed by atoms with Crippen molar-refractivity contribution in [1.82, 2.24) is 0 Å². The lowest BCUT2D eigenvalue weighted by Crippen LogP contribution is -2.45. The molecule has 0 fully saturated rings. The molecular formula is C20H29BrO3SSi. The average Bonchev–Trinajstić information content (AvgIpc) is 2.64. The van der Waals surface area contributed by atoms with Crippen molar-refractivity contribution >= 4 is 36.0 Å². The first kappa shape index (κ1) is 21.9. The van der Waals surface area contributed by atoms with Gasteiger partial charge < -0.3 is 13.9 Å². The molecule has 0 bridgehead atoms. The van der Waals surface area contributed by atoms with Crippen molar-refractivity contribution in [2.24, 2.45) is 0 Å². The SMILES string of the molecule is CCO[C@@H]1C=C[C@H](O[Si](C)(C)CBr)[C@@H](C/C=C/CSc2ccccc2)O1. The van der Waals surface area contributed by atoms with Gasteiger partial charge in [-0.3, -0.25) is 0 Å². The zero-order valence-electron chi connectivity index (χ0n) is 15.8. The molecule has 26 heavy (non-hydrogen) atoms. The molecular weight excluding hydrogens is 428 g/mol. The third kappa shape index (κ3) is 7.70. The predicted molar refractivity (Wildman–Crippen MR) is 116 cm³/mol. The molecule has 0 amide bonds. The summed E-state index contributed by atoms with van der Waals surface area (Å²) in [6.45, 7) is 7.05. The minimum Gasteiger partial charge on any atom is -0.408 e. The summed E-state index contributed by atoms with van der Waals surface area (Å²) in [5.74, 6) is 0.953. The molecule has 1 heterocycles. The summed E-state index contributed by atoms with van der Waals surface area (Å²) in [4.78, 5) is 2.20. The maximum absolute atomic E-state index is 6.38. The Bertz CT molecular complexity index is 580. The van der Waals surface area contributed by atoms with Crippen molar-refractivity contribution in [2.45, 2.75) is 49.8 Å². The van der Waals surface area contributed by atoms with Crippen molar-refractivity contribution in [3.05, 3.63) is 54.6 Å². The molecule has 144 valence electrons. The highest BCUT2D eigenvalue weighted by molar-refractivity contribution is 9.09. The van der Waals surface area contributed by atoms with Gasteiger partial charge in [0.25, 0.3) is 0 Å². The van der Waals surface area contributed by atoms with Crippen LogP contribution in [0.2, 0.25) is 13.1 Å². The van der Waals surface area contributed by atoms with Crippen LogP contribution in [0.25, 0.3) is 0 Å². The Morgan fingerprint density at radius 2 is 1.96 bits per heavy atom. The van der Waals surface area contributed by atoms with Crippen LogP contribution in [0.5, 0.6) is 0 Å². The van der Waals surface area contributed by atoms with E-state index in [9.17, 15) is 0 Å². The highest BCUT2D eigenvalue weighted by Gasteiger charge is 2.32. The zero-order valence-corrected chi connectivity index (χ0v) is 19.2. The molecule has 1 aliphatic rings. The van der Waals surface area contributed by atoms with Crippen molar-refractivity contribution in [1.29, 1.82) is 0 Å². The van der Waals surface area contributed by atoms with Gasteiger partial charge in [-0.2, -0.15) is 0 Å². The number of hydrogen-bond donors (Lipinski definition) is 0. The number of ether oxygens (including phenoxy) is 2. The van der Waals surface area contributed by atoms with E-state index in [1.807, 2.05) is 30.8 Å². The molecule has 3 atom stereocenters. The molecule has 0 aliphatic carbocycles. The number of benzene rings is 1. The highest BCUT2D eigenvalue weighted by Crippen LogP contribution is 2.24. The molecule has 6 heteroatoms. The second-order valence-corrected chi connectivity index (χ2v) is 13.5. The second kappa shape index (κ2) is 11.5. The normalized spacial score (nSPS) is 23.6. The second-order valence-electron chi connectivity index (χ2n) is 6.69. The lowest BCUT2D eigenvalue weighted by Gasteiger charge is -2.35. The first-order chi connectivity index (χ1) is 12.5. The Kier molecular flexibility index (Phi) is 9.67. The van der Waals surface area contributed by atoms with Crippen LogP contribution in [0.4, 0.5) is 0 Å². The fraction of sp³-hybridized carbons (Fsp3) is 0.500. The maximum atomic E-state index is 6.38. The van der Waals surface area contributed by atoms with E-state index in [1.54, 1.807) is 0 Å². The maximum Gasteiger partial charge on any atom is 0.198 e. The zero-order chi connectivity index (χ0) is 18.8. The van der Waals surface area contributed by atoms with Crippen LogP contribution in [-0.4, -0.2) is 44.1 Å². The monoisotopic (exact) mass is 456 g/mol. The molecule has 0 N–H and O–H groups in total. The van der Waals surface area contributed by atoms with Crippen molar-refractivity contribution in [3.8, 4) is 0 Å². The first-order valence-electron chi connectivity index (χ1n) is 9.06. The van der Waals surface area contributed by atoms with Gasteiger partial charge in [0.05, 0.1) is 12.2 Å². The van der Waals surface area contributed by atoms with Crippen LogP contribution in [-0.2, 0) is 13.9 Å². The lowest BCUT2D eigenvalue weighted by atomic mass is 10.1. The number of alkyl halides is 1. The third-order valence-corrected chi connectivity index (χ3v) is 10.4. The molecule has 2 rings (SSSR count). The Morgan fingerprint density at radius 3 is 2.65 bits per heavy atom. The average molecular weight is 458 g/mol. The summed E-state index contributed by atoms with van der Waals surface area (Å²) in [6.07, 6.45) is 9.00. The standard InChI is InChI=1S/C20H29BrO3SSi/c1-4-22-20-14-13-19(24-26(2,3)16-21)18(23-20)12-8-9-15-25-17-10-6-5-7-11-17/h5-11,13-14,18-20H,4,12,15-16H2,1-3H3/b9-8+/t18-,19+,20+/m1/s1. The number of hydrogen-bond acceptors (Lipinski definition) is 4. The Hall–Kier alpha value is -0.373. The Labute approximate surface area is 171 Å². The largest absolute Gasteiger partial charge is 0.408 e. The third-order valence-electron chi connectivity index (χ3n) is 3.87. The van der Waals surface area contributed by atoms with Crippen LogP contribution >= 0.6 is 27.7 Å². The Morgan fingerprint density at radius 1 is 1.19 bits per heavy atom. The highest BCUT2D eigenvalue weighted by atomic mass is 79.9. The molecule has 0 saturated heterocycles. The molecule has 0 unspecified atom stereocenters. The summed E-state index contributed by atoms with van der Waals surface area (Å²) in [7, 11) is -1.73. The van der Waals surface area contributed by atoms with E-state index in [0.717, 1.165) is 17.1 Å². The number of thioether (sulfide) groups is 1. The van der Waals surface area contributed by atoms with Gasteiger partial charge in [0, 0.05) is 22.2 Å². The number of rotatable bonds is 10. The van der Waals surface area contributed by atoms with E-state index < -0.39 is 8.32 Å². The van der Waals surface area contributed by atoms with Gasteiger partial charge in [0.1, 0.15) is 0 Å². The van der Waals surface area contributed by atoms with E-state index in [4.69, 9.17) is 13.9 Å². The Balaban J connectivity index is 1.89. The van der Waals surface area contributed by atoms with Crippen LogP contribution in [0.3, 0.4) is 0 Å². The van der Waals surface area contributed by atoms with E-state index in [0.29, 0.717) is 6.61 Å². The quantitative estimate of drug-likeness (QED) is 0.199. The molecule has 1 aromatic rings. The van der Waals surface area contributed by atoms with Gasteiger partial charge in [-0.1, -0.05) is 52.4 Å². The molecule has 0 radical (unpaired) electrons. The van der Waals surface area contributed by atoms with Crippen LogP contribution < -0.4 is 0 Å². The topological polar surface area (TPSA) is 27.7 Å². The van der Waals surface area contributed by atoms with Gasteiger partial charge >= 0.3 is 0 Å². The fourth-order valence-electron chi connectivity index (χ4n) is 2.54. The summed E-state index contributed by atoms with van der Waals surface area (Å²) >= 11 is 5.41. The van der Waals surface area contributed by atoms with Gasteiger partial charge in [0.15, 0.2) is 14.6 Å². The van der Waals surface area contributed by atoms with Crippen molar-refractivity contribution < 1.29 is 13.9 Å². The number of halogens is 1. The molecule has 3 nitrogen and oxygen atoms in total. The van der Waals surface area contributed by atoms with Gasteiger partial charge in [-0.05, 0) is 44.6 Å². The summed E-state index contributed by atoms with van der Waals surface area (Å²) in [5, 5.41) is 0. The molecule has 0 aromatic heterocycles. The van der Waals surface area contributed by atoms with E-state index in [2.05, 4.69) is 71.5 Å².